The zero-order chi connectivity index (χ0) is 13.9. The van der Waals surface area contributed by atoms with Gasteiger partial charge in [0.05, 0.1) is 12.3 Å². The standard InChI is InChI=1S/C15H25N3O2/c1-11(12-3-4-12)18(7-8-19-2)15-17-14(10-20-15)9-16-13-5-6-13/h10-13,16H,3-9H2,1-2H3. The largest absolute Gasteiger partial charge is 0.432 e. The van der Waals surface area contributed by atoms with Crippen molar-refractivity contribution in [1.82, 2.24) is 10.3 Å². The Morgan fingerprint density at radius 2 is 2.25 bits per heavy atom. The van der Waals surface area contributed by atoms with E-state index in [0.29, 0.717) is 18.7 Å². The van der Waals surface area contributed by atoms with Gasteiger partial charge in [0, 0.05) is 32.3 Å². The molecule has 1 heterocycles. The lowest BCUT2D eigenvalue weighted by atomic mass is 10.2. The van der Waals surface area contributed by atoms with Crippen LogP contribution in [-0.4, -0.2) is 37.3 Å². The number of methoxy groups -OCH3 is 1. The Labute approximate surface area is 120 Å². The molecule has 0 saturated heterocycles. The van der Waals surface area contributed by atoms with E-state index in [2.05, 4.69) is 22.1 Å². The normalized spacial score (nSPS) is 20.1. The number of aromatic nitrogens is 1. The predicted octanol–water partition coefficient (Wildman–Crippen LogP) is 2.18. The van der Waals surface area contributed by atoms with Gasteiger partial charge in [-0.2, -0.15) is 4.98 Å². The maximum Gasteiger partial charge on any atom is 0.297 e. The third-order valence-corrected chi connectivity index (χ3v) is 4.27. The zero-order valence-corrected chi connectivity index (χ0v) is 12.5. The van der Waals surface area contributed by atoms with E-state index in [0.717, 1.165) is 30.7 Å². The van der Waals surface area contributed by atoms with Crippen LogP contribution in [0.1, 0.15) is 38.3 Å². The van der Waals surface area contributed by atoms with Crippen LogP contribution in [0.2, 0.25) is 0 Å². The summed E-state index contributed by atoms with van der Waals surface area (Å²) in [6.45, 7) is 4.61. The molecule has 0 aliphatic heterocycles. The second-order valence-corrected chi connectivity index (χ2v) is 6.04. The Morgan fingerprint density at radius 1 is 1.45 bits per heavy atom. The van der Waals surface area contributed by atoms with Crippen molar-refractivity contribution in [2.75, 3.05) is 25.2 Å². The molecule has 2 aliphatic carbocycles. The van der Waals surface area contributed by atoms with E-state index in [1.165, 1.54) is 25.7 Å². The lowest BCUT2D eigenvalue weighted by Gasteiger charge is -2.27. The molecule has 2 fully saturated rings. The van der Waals surface area contributed by atoms with E-state index >= 15 is 0 Å². The highest BCUT2D eigenvalue weighted by Crippen LogP contribution is 2.36. The molecular formula is C15H25N3O2. The molecule has 3 rings (SSSR count). The lowest BCUT2D eigenvalue weighted by molar-refractivity contribution is 0.201. The quantitative estimate of drug-likeness (QED) is 0.751. The number of rotatable bonds is 9. The minimum atomic E-state index is 0.480. The van der Waals surface area contributed by atoms with Gasteiger partial charge in [-0.15, -0.1) is 0 Å². The Balaban J connectivity index is 1.61. The maximum absolute atomic E-state index is 5.69. The van der Waals surface area contributed by atoms with E-state index < -0.39 is 0 Å². The minimum absolute atomic E-state index is 0.480. The summed E-state index contributed by atoms with van der Waals surface area (Å²) in [5.41, 5.74) is 0.998. The molecule has 0 aromatic carbocycles. The molecule has 0 amide bonds. The van der Waals surface area contributed by atoms with E-state index in [-0.39, 0.29) is 0 Å². The minimum Gasteiger partial charge on any atom is -0.432 e. The van der Waals surface area contributed by atoms with Gasteiger partial charge >= 0.3 is 0 Å². The van der Waals surface area contributed by atoms with Crippen LogP contribution in [0, 0.1) is 5.92 Å². The number of nitrogens with one attached hydrogen (secondary N) is 1. The monoisotopic (exact) mass is 279 g/mol. The molecule has 2 saturated carbocycles. The van der Waals surface area contributed by atoms with Crippen molar-refractivity contribution in [2.24, 2.45) is 5.92 Å². The number of hydrogen-bond acceptors (Lipinski definition) is 5. The number of nitrogens with zero attached hydrogens (tertiary/aromatic N) is 2. The number of anilines is 1. The highest BCUT2D eigenvalue weighted by atomic mass is 16.5. The summed E-state index contributed by atoms with van der Waals surface area (Å²) < 4.78 is 10.9. The summed E-state index contributed by atoms with van der Waals surface area (Å²) >= 11 is 0. The maximum atomic E-state index is 5.69. The first-order chi connectivity index (χ1) is 9.78. The van der Waals surface area contributed by atoms with Gasteiger partial charge in [0.1, 0.15) is 6.26 Å². The van der Waals surface area contributed by atoms with Gasteiger partial charge in [0.2, 0.25) is 0 Å². The molecular weight excluding hydrogens is 254 g/mol. The van der Waals surface area contributed by atoms with Crippen LogP contribution in [-0.2, 0) is 11.3 Å². The second kappa shape index (κ2) is 6.14. The van der Waals surface area contributed by atoms with Crippen molar-refractivity contribution in [3.63, 3.8) is 0 Å². The molecule has 1 unspecified atom stereocenters. The van der Waals surface area contributed by atoms with Gasteiger partial charge in [-0.25, -0.2) is 0 Å². The first-order valence-electron chi connectivity index (χ1n) is 7.71. The fourth-order valence-electron chi connectivity index (χ4n) is 2.54. The van der Waals surface area contributed by atoms with Crippen molar-refractivity contribution in [3.05, 3.63) is 12.0 Å². The molecule has 112 valence electrons. The molecule has 1 aromatic rings. The van der Waals surface area contributed by atoms with Crippen molar-refractivity contribution >= 4 is 6.01 Å². The van der Waals surface area contributed by atoms with Gasteiger partial charge in [0.25, 0.3) is 6.01 Å². The predicted molar refractivity (Wildman–Crippen MR) is 77.8 cm³/mol. The number of ether oxygens (including phenoxy) is 1. The van der Waals surface area contributed by atoms with E-state index in [9.17, 15) is 0 Å². The fourth-order valence-corrected chi connectivity index (χ4v) is 2.54. The summed E-state index contributed by atoms with van der Waals surface area (Å²) in [5, 5.41) is 3.47. The summed E-state index contributed by atoms with van der Waals surface area (Å²) in [6, 6.07) is 1.92. The van der Waals surface area contributed by atoms with Crippen LogP contribution in [0.3, 0.4) is 0 Å². The Bertz CT molecular complexity index is 427. The Hall–Kier alpha value is -1.07. The van der Waals surface area contributed by atoms with Gasteiger partial charge in [-0.05, 0) is 38.5 Å². The highest BCUT2D eigenvalue weighted by molar-refractivity contribution is 5.30. The Morgan fingerprint density at radius 3 is 2.90 bits per heavy atom. The lowest BCUT2D eigenvalue weighted by Crippen LogP contribution is -2.37. The van der Waals surface area contributed by atoms with Gasteiger partial charge < -0.3 is 19.4 Å². The molecule has 1 atom stereocenters. The van der Waals surface area contributed by atoms with Crippen molar-refractivity contribution < 1.29 is 9.15 Å². The molecule has 0 radical (unpaired) electrons. The van der Waals surface area contributed by atoms with Crippen LogP contribution in [0.4, 0.5) is 6.01 Å². The van der Waals surface area contributed by atoms with Crippen molar-refractivity contribution in [1.29, 1.82) is 0 Å². The molecule has 0 bridgehead atoms. The summed E-state index contributed by atoms with van der Waals surface area (Å²) in [7, 11) is 1.74. The fraction of sp³-hybridized carbons (Fsp3) is 0.800. The third kappa shape index (κ3) is 3.52. The number of hydrogen-bond donors (Lipinski definition) is 1. The topological polar surface area (TPSA) is 50.5 Å². The summed E-state index contributed by atoms with van der Waals surface area (Å²) in [4.78, 5) is 6.89. The van der Waals surface area contributed by atoms with Crippen LogP contribution in [0.15, 0.2) is 10.7 Å². The van der Waals surface area contributed by atoms with Crippen molar-refractivity contribution in [2.45, 2.75) is 51.2 Å². The second-order valence-electron chi connectivity index (χ2n) is 6.04. The first-order valence-corrected chi connectivity index (χ1v) is 7.71. The van der Waals surface area contributed by atoms with Gasteiger partial charge in [0.15, 0.2) is 0 Å². The molecule has 1 aromatic heterocycles. The number of oxazole rings is 1. The summed E-state index contributed by atoms with van der Waals surface area (Å²) in [6.07, 6.45) is 7.01. The zero-order valence-electron chi connectivity index (χ0n) is 12.5. The van der Waals surface area contributed by atoms with Crippen LogP contribution >= 0.6 is 0 Å². The van der Waals surface area contributed by atoms with E-state index in [1.807, 2.05) is 0 Å². The van der Waals surface area contributed by atoms with Crippen LogP contribution in [0.25, 0.3) is 0 Å². The van der Waals surface area contributed by atoms with Crippen LogP contribution in [0.5, 0.6) is 0 Å². The molecule has 20 heavy (non-hydrogen) atoms. The highest BCUT2D eigenvalue weighted by Gasteiger charge is 2.33. The smallest absolute Gasteiger partial charge is 0.297 e. The van der Waals surface area contributed by atoms with Crippen molar-refractivity contribution in [3.8, 4) is 0 Å². The van der Waals surface area contributed by atoms with Gasteiger partial charge in [-0.1, -0.05) is 0 Å². The Kier molecular flexibility index (Phi) is 4.27. The molecule has 1 N–H and O–H groups in total. The average molecular weight is 279 g/mol. The molecule has 5 nitrogen and oxygen atoms in total. The first kappa shape index (κ1) is 13.9. The molecule has 5 heteroatoms. The van der Waals surface area contributed by atoms with E-state index in [4.69, 9.17) is 9.15 Å². The molecule has 0 spiro atoms. The SMILES string of the molecule is COCCN(c1nc(CNC2CC2)co1)C(C)C1CC1. The average Bonchev–Trinajstić information content (AvgIpc) is 3.36. The summed E-state index contributed by atoms with van der Waals surface area (Å²) in [5.74, 6) is 0.784. The van der Waals surface area contributed by atoms with E-state index in [1.54, 1.807) is 13.4 Å². The van der Waals surface area contributed by atoms with Crippen LogP contribution < -0.4 is 10.2 Å². The third-order valence-electron chi connectivity index (χ3n) is 4.27. The van der Waals surface area contributed by atoms with Gasteiger partial charge in [-0.3, -0.25) is 0 Å². The molecule has 2 aliphatic rings.